The molecule has 0 saturated heterocycles. The van der Waals surface area contributed by atoms with Gasteiger partial charge >= 0.3 is 0 Å². The monoisotopic (exact) mass is 229 g/mol. The fourth-order valence-electron chi connectivity index (χ4n) is 1.74. The summed E-state index contributed by atoms with van der Waals surface area (Å²) < 4.78 is 0. The maximum atomic E-state index is 9.90. The van der Waals surface area contributed by atoms with Crippen LogP contribution in [0, 0.1) is 5.92 Å². The van der Waals surface area contributed by atoms with E-state index in [-0.39, 0.29) is 5.92 Å². The van der Waals surface area contributed by atoms with Crippen LogP contribution in [0.15, 0.2) is 11.6 Å². The number of rotatable bonds is 6. The van der Waals surface area contributed by atoms with E-state index in [2.05, 4.69) is 4.98 Å². The van der Waals surface area contributed by atoms with Crippen molar-refractivity contribution in [1.82, 2.24) is 4.98 Å². The number of nitrogens with zero attached hydrogens (tertiary/aromatic N) is 1. The highest BCUT2D eigenvalue weighted by atomic mass is 32.1. The molecule has 0 fully saturated rings. The quantitative estimate of drug-likeness (QED) is 0.782. The van der Waals surface area contributed by atoms with Crippen LogP contribution in [0.4, 0.5) is 0 Å². The zero-order valence-electron chi connectivity index (χ0n) is 9.26. The third kappa shape index (κ3) is 3.55. The highest BCUT2D eigenvalue weighted by molar-refractivity contribution is 7.09. The number of aliphatic hydroxyl groups is 2. The zero-order valence-corrected chi connectivity index (χ0v) is 10.1. The molecule has 0 saturated carbocycles. The van der Waals surface area contributed by atoms with Gasteiger partial charge in [0.2, 0.25) is 0 Å². The third-order valence-electron chi connectivity index (χ3n) is 2.79. The predicted octanol–water partition coefficient (Wildman–Crippen LogP) is 1.84. The van der Waals surface area contributed by atoms with E-state index in [0.717, 1.165) is 17.8 Å². The molecule has 1 aromatic heterocycles. The van der Waals surface area contributed by atoms with Crippen molar-refractivity contribution < 1.29 is 10.2 Å². The van der Waals surface area contributed by atoms with E-state index in [1.807, 2.05) is 19.2 Å². The molecule has 0 aromatic carbocycles. The Kier molecular flexibility index (Phi) is 5.22. The Morgan fingerprint density at radius 3 is 2.47 bits per heavy atom. The molecule has 0 amide bonds. The molecule has 4 heteroatoms. The van der Waals surface area contributed by atoms with E-state index in [4.69, 9.17) is 0 Å². The van der Waals surface area contributed by atoms with Crippen LogP contribution in [0.3, 0.4) is 0 Å². The smallest absolute Gasteiger partial charge is 0.0951 e. The molecule has 0 radical (unpaired) electrons. The van der Waals surface area contributed by atoms with Gasteiger partial charge in [-0.25, -0.2) is 4.98 Å². The fourth-order valence-corrected chi connectivity index (χ4v) is 2.41. The van der Waals surface area contributed by atoms with Crippen LogP contribution >= 0.6 is 11.3 Å². The van der Waals surface area contributed by atoms with Gasteiger partial charge in [0.25, 0.3) is 0 Å². The van der Waals surface area contributed by atoms with Gasteiger partial charge in [0.05, 0.1) is 17.2 Å². The van der Waals surface area contributed by atoms with Crippen LogP contribution in [-0.2, 0) is 6.42 Å². The van der Waals surface area contributed by atoms with Crippen LogP contribution in [0.2, 0.25) is 0 Å². The lowest BCUT2D eigenvalue weighted by Gasteiger charge is -2.24. The van der Waals surface area contributed by atoms with Gasteiger partial charge in [-0.3, -0.25) is 0 Å². The van der Waals surface area contributed by atoms with Gasteiger partial charge in [-0.1, -0.05) is 26.7 Å². The SMILES string of the molecule is CCC(CC)C(O)C(O)Cc1nccs1. The second-order valence-electron chi connectivity index (χ2n) is 3.76. The average molecular weight is 229 g/mol. The zero-order chi connectivity index (χ0) is 11.3. The first-order chi connectivity index (χ1) is 7.19. The Bertz CT molecular complexity index is 260. The number of aromatic nitrogens is 1. The lowest BCUT2D eigenvalue weighted by atomic mass is 9.92. The maximum absolute atomic E-state index is 9.90. The Morgan fingerprint density at radius 2 is 2.00 bits per heavy atom. The Labute approximate surface area is 94.8 Å². The summed E-state index contributed by atoms with van der Waals surface area (Å²) in [6.45, 7) is 4.07. The normalized spacial score (nSPS) is 15.5. The topological polar surface area (TPSA) is 53.4 Å². The highest BCUT2D eigenvalue weighted by Crippen LogP contribution is 2.19. The van der Waals surface area contributed by atoms with Crippen LogP contribution < -0.4 is 0 Å². The van der Waals surface area contributed by atoms with Gasteiger partial charge in [0.15, 0.2) is 0 Å². The summed E-state index contributed by atoms with van der Waals surface area (Å²) >= 11 is 1.51. The summed E-state index contributed by atoms with van der Waals surface area (Å²) in [7, 11) is 0. The van der Waals surface area contributed by atoms with Crippen molar-refractivity contribution in [1.29, 1.82) is 0 Å². The van der Waals surface area contributed by atoms with Crippen molar-refractivity contribution in [3.05, 3.63) is 16.6 Å². The molecule has 0 spiro atoms. The standard InChI is InChI=1S/C11H19NO2S/c1-3-8(4-2)11(14)9(13)7-10-12-5-6-15-10/h5-6,8-9,11,13-14H,3-4,7H2,1-2H3. The summed E-state index contributed by atoms with van der Waals surface area (Å²) in [4.78, 5) is 4.10. The minimum Gasteiger partial charge on any atom is -0.390 e. The van der Waals surface area contributed by atoms with Crippen molar-refractivity contribution in [2.24, 2.45) is 5.92 Å². The van der Waals surface area contributed by atoms with Gasteiger partial charge in [-0.15, -0.1) is 11.3 Å². The van der Waals surface area contributed by atoms with Crippen molar-refractivity contribution in [3.8, 4) is 0 Å². The van der Waals surface area contributed by atoms with E-state index in [1.165, 1.54) is 11.3 Å². The van der Waals surface area contributed by atoms with Crippen LogP contribution in [0.25, 0.3) is 0 Å². The average Bonchev–Trinajstić information content (AvgIpc) is 2.72. The second-order valence-corrected chi connectivity index (χ2v) is 4.74. The van der Waals surface area contributed by atoms with Gasteiger partial charge in [0, 0.05) is 18.0 Å². The van der Waals surface area contributed by atoms with Crippen molar-refractivity contribution >= 4 is 11.3 Å². The lowest BCUT2D eigenvalue weighted by molar-refractivity contribution is -0.0187. The first kappa shape index (κ1) is 12.6. The third-order valence-corrected chi connectivity index (χ3v) is 3.60. The molecule has 1 heterocycles. The predicted molar refractivity (Wildman–Crippen MR) is 61.9 cm³/mol. The van der Waals surface area contributed by atoms with Crippen molar-refractivity contribution in [2.75, 3.05) is 0 Å². The van der Waals surface area contributed by atoms with Crippen molar-refractivity contribution in [3.63, 3.8) is 0 Å². The highest BCUT2D eigenvalue weighted by Gasteiger charge is 2.24. The number of hydrogen-bond acceptors (Lipinski definition) is 4. The molecule has 2 atom stereocenters. The minimum atomic E-state index is -0.693. The molecule has 0 aliphatic rings. The first-order valence-electron chi connectivity index (χ1n) is 5.43. The summed E-state index contributed by atoms with van der Waals surface area (Å²) in [6.07, 6.45) is 2.63. The molecule has 0 aliphatic heterocycles. The van der Waals surface area contributed by atoms with Crippen LogP contribution in [0.5, 0.6) is 0 Å². The van der Waals surface area contributed by atoms with Crippen LogP contribution in [0.1, 0.15) is 31.7 Å². The number of hydrogen-bond donors (Lipinski definition) is 2. The second kappa shape index (κ2) is 6.20. The van der Waals surface area contributed by atoms with E-state index in [1.54, 1.807) is 6.20 Å². The van der Waals surface area contributed by atoms with Crippen molar-refractivity contribution in [2.45, 2.75) is 45.3 Å². The Hall–Kier alpha value is -0.450. The molecular weight excluding hydrogens is 210 g/mol. The van der Waals surface area contributed by atoms with E-state index < -0.39 is 12.2 Å². The summed E-state index contributed by atoms with van der Waals surface area (Å²) in [6, 6.07) is 0. The Morgan fingerprint density at radius 1 is 1.33 bits per heavy atom. The lowest BCUT2D eigenvalue weighted by Crippen LogP contribution is -2.34. The fraction of sp³-hybridized carbons (Fsp3) is 0.727. The van der Waals surface area contributed by atoms with Gasteiger partial charge < -0.3 is 10.2 Å². The molecule has 15 heavy (non-hydrogen) atoms. The number of thiazole rings is 1. The van der Waals surface area contributed by atoms with Gasteiger partial charge in [-0.05, 0) is 5.92 Å². The molecule has 1 aromatic rings. The molecule has 1 rings (SSSR count). The van der Waals surface area contributed by atoms with Gasteiger partial charge in [-0.2, -0.15) is 0 Å². The summed E-state index contributed by atoms with van der Waals surface area (Å²) in [5, 5.41) is 22.5. The molecule has 0 bridgehead atoms. The number of aliphatic hydroxyl groups excluding tert-OH is 2. The minimum absolute atomic E-state index is 0.181. The van der Waals surface area contributed by atoms with E-state index in [9.17, 15) is 10.2 Å². The molecule has 2 unspecified atom stereocenters. The molecule has 0 aliphatic carbocycles. The van der Waals surface area contributed by atoms with Gasteiger partial charge in [0.1, 0.15) is 0 Å². The largest absolute Gasteiger partial charge is 0.390 e. The molecule has 86 valence electrons. The molecule has 3 nitrogen and oxygen atoms in total. The molecular formula is C11H19NO2S. The van der Waals surface area contributed by atoms with Crippen LogP contribution in [-0.4, -0.2) is 27.4 Å². The first-order valence-corrected chi connectivity index (χ1v) is 6.31. The Balaban J connectivity index is 2.48. The summed E-state index contributed by atoms with van der Waals surface area (Å²) in [5.41, 5.74) is 0. The molecule has 2 N–H and O–H groups in total. The van der Waals surface area contributed by atoms with E-state index >= 15 is 0 Å². The maximum Gasteiger partial charge on any atom is 0.0951 e. The summed E-state index contributed by atoms with van der Waals surface area (Å²) in [5.74, 6) is 0.181. The van der Waals surface area contributed by atoms with E-state index in [0.29, 0.717) is 6.42 Å².